The zero-order valence-electron chi connectivity index (χ0n) is 58.8. The molecule has 0 atom stereocenters. The minimum absolute atomic E-state index is 0. The molecule has 0 spiro atoms. The maximum atomic E-state index is 9.42. The Morgan fingerprint density at radius 1 is 0.444 bits per heavy atom. The van der Waals surface area contributed by atoms with E-state index in [1.807, 2.05) is 79.0 Å². The smallest absolute Gasteiger partial charge is 0.268 e. The molecule has 0 fully saturated rings. The maximum absolute atomic E-state index is 9.42. The number of hydrogen-bond donors (Lipinski definition) is 0. The van der Waals surface area contributed by atoms with E-state index in [0.717, 1.165) is 88.5 Å². The topological polar surface area (TPSA) is 45.7 Å². The SMILES string of the molecule is [2H]c1c([2H])c([2H])c(-c2cccc(-c3c([2H])c([2H])c([2H])c([2H])c3[2H])c2-[n+]2[c-]n(-c3[c-]c(Oc4[c-]c5c(cc4)c4cc(-n6c7ccccc7c7ccccc76)ccc4n5-c4cc(C(C)(C)C)ccn4)ccc3)c3ccc(-c4ccccc4-n4c5ccccc5c5ccccc54)cc32)c([2H])c1[2H].[Pt]. The molecule has 0 aliphatic carbocycles. The van der Waals surface area contributed by atoms with Gasteiger partial charge in [-0.2, -0.15) is 18.2 Å². The second-order valence-corrected chi connectivity index (χ2v) is 23.2. The number of imidazole rings is 1. The molecule has 12 aromatic carbocycles. The van der Waals surface area contributed by atoms with Gasteiger partial charge in [0.05, 0.1) is 58.2 Å². The standard InChI is InChI=1S/C82H56N6O.Pt/c1-82(2,3)57-46-47-83-80(49-57)88-76-45-41-59(86-72-36-16-11-29-65(72)66-30-12-17-37-73(66)86)51-70(76)69-43-42-61(52-78(69)88)89-60-27-20-26-58(50-60)84-53-85(81-63(54-22-6-4-7-23-54)33-21-34-64(81)55-24-8-5-9-25-55)79-48-56(40-44-77(79)84)62-28-10-15-35-71(62)87-74-38-18-13-31-67(74)68-32-14-19-39-75(68)87;/h4-49,51H,1-3H3;/q-2;/i4D,5D,6D,7D,8D,9D,22D,23D,24D,25D;. The van der Waals surface area contributed by atoms with E-state index in [-0.39, 0.29) is 54.4 Å². The fraction of sp³-hybridized carbons (Fsp3) is 0.0488. The van der Waals surface area contributed by atoms with Crippen LogP contribution in [0, 0.1) is 18.5 Å². The number of para-hydroxylation sites is 6. The molecule has 0 N–H and O–H groups in total. The molecule has 7 nitrogen and oxygen atoms in total. The largest absolute Gasteiger partial charge is 0.510 e. The van der Waals surface area contributed by atoms with E-state index in [1.165, 1.54) is 10.8 Å². The van der Waals surface area contributed by atoms with Gasteiger partial charge >= 0.3 is 0 Å². The molecule has 0 aliphatic heterocycles. The van der Waals surface area contributed by atoms with Gasteiger partial charge in [0.2, 0.25) is 0 Å². The minimum Gasteiger partial charge on any atom is -0.510 e. The van der Waals surface area contributed by atoms with Crippen LogP contribution in [0.4, 0.5) is 0 Å². The van der Waals surface area contributed by atoms with Crippen molar-refractivity contribution < 1.29 is 44.1 Å². The minimum atomic E-state index is -0.593. The van der Waals surface area contributed by atoms with Gasteiger partial charge in [-0.1, -0.05) is 208 Å². The predicted molar refractivity (Wildman–Crippen MR) is 364 cm³/mol. The number of nitrogens with zero attached hydrogens (tertiary/aromatic N) is 6. The summed E-state index contributed by atoms with van der Waals surface area (Å²) in [6.45, 7) is 6.55. The Morgan fingerprint density at radius 2 is 1.00 bits per heavy atom. The number of hydrogen-bond acceptors (Lipinski definition) is 2. The molecule has 432 valence electrons. The van der Waals surface area contributed by atoms with Gasteiger partial charge in [0.25, 0.3) is 6.33 Å². The third kappa shape index (κ3) is 8.98. The Hall–Kier alpha value is -10.9. The molecule has 0 radical (unpaired) electrons. The van der Waals surface area contributed by atoms with Gasteiger partial charge in [-0.15, -0.1) is 29.7 Å². The number of ether oxygens (including phenoxy) is 1. The number of aromatic nitrogens is 6. The first-order valence-corrected chi connectivity index (χ1v) is 29.5. The van der Waals surface area contributed by atoms with Crippen LogP contribution >= 0.6 is 0 Å². The van der Waals surface area contributed by atoms with Gasteiger partial charge in [0, 0.05) is 77.1 Å². The van der Waals surface area contributed by atoms with Crippen LogP contribution in [0.3, 0.4) is 0 Å². The van der Waals surface area contributed by atoms with Crippen molar-refractivity contribution in [2.45, 2.75) is 26.2 Å². The second-order valence-electron chi connectivity index (χ2n) is 23.2. The van der Waals surface area contributed by atoms with E-state index in [4.69, 9.17) is 17.9 Å². The molecule has 5 aromatic heterocycles. The summed E-state index contributed by atoms with van der Waals surface area (Å²) in [6.07, 6.45) is 5.44. The summed E-state index contributed by atoms with van der Waals surface area (Å²) in [6, 6.07) is 74.3. The first-order chi connectivity index (χ1) is 47.9. The Balaban J connectivity index is 0.00000778. The van der Waals surface area contributed by atoms with Crippen molar-refractivity contribution in [3.63, 3.8) is 0 Å². The van der Waals surface area contributed by atoms with Crippen LogP contribution in [0.25, 0.3) is 138 Å². The van der Waals surface area contributed by atoms with Crippen molar-refractivity contribution in [1.82, 2.24) is 23.3 Å². The number of fused-ring (bicyclic) bond motifs is 10. The van der Waals surface area contributed by atoms with Gasteiger partial charge in [-0.25, -0.2) is 4.98 Å². The van der Waals surface area contributed by atoms with Crippen molar-refractivity contribution in [2.75, 3.05) is 0 Å². The third-order valence-electron chi connectivity index (χ3n) is 17.0. The molecule has 5 heterocycles. The van der Waals surface area contributed by atoms with Crippen LogP contribution < -0.4 is 9.30 Å². The van der Waals surface area contributed by atoms with E-state index in [2.05, 4.69) is 174 Å². The maximum Gasteiger partial charge on any atom is 0.268 e. The Morgan fingerprint density at radius 3 is 1.64 bits per heavy atom. The molecule has 17 aromatic rings. The summed E-state index contributed by atoms with van der Waals surface area (Å²) >= 11 is 0. The van der Waals surface area contributed by atoms with Gasteiger partial charge < -0.3 is 23.0 Å². The number of pyridine rings is 1. The molecular weight excluding hydrogens is 1280 g/mol. The number of benzene rings is 12. The molecule has 0 aliphatic rings. The van der Waals surface area contributed by atoms with Crippen LogP contribution in [0.2, 0.25) is 0 Å². The van der Waals surface area contributed by atoms with Gasteiger partial charge in [0.15, 0.2) is 0 Å². The summed E-state index contributed by atoms with van der Waals surface area (Å²) in [7, 11) is 0. The molecule has 0 saturated heterocycles. The van der Waals surface area contributed by atoms with Crippen LogP contribution in [-0.4, -0.2) is 23.3 Å². The first-order valence-electron chi connectivity index (χ1n) is 34.5. The first kappa shape index (κ1) is 44.6. The molecule has 0 unspecified atom stereocenters. The van der Waals surface area contributed by atoms with Crippen molar-refractivity contribution in [2.24, 2.45) is 0 Å². The van der Waals surface area contributed by atoms with Crippen molar-refractivity contribution in [3.05, 3.63) is 309 Å². The Labute approximate surface area is 549 Å². The normalized spacial score (nSPS) is 13.4. The molecule has 0 bridgehead atoms. The quantitative estimate of drug-likeness (QED) is 0.101. The average Bonchev–Trinajstić information content (AvgIpc) is 1.54. The van der Waals surface area contributed by atoms with Crippen LogP contribution in [-0.2, 0) is 26.5 Å². The molecule has 90 heavy (non-hydrogen) atoms. The molecule has 8 heteroatoms. The van der Waals surface area contributed by atoms with Gasteiger partial charge in [-0.3, -0.25) is 4.57 Å². The summed E-state index contributed by atoms with van der Waals surface area (Å²) in [4.78, 5) is 5.00. The summed E-state index contributed by atoms with van der Waals surface area (Å²) in [5.74, 6) is 1.44. The van der Waals surface area contributed by atoms with E-state index >= 15 is 0 Å². The van der Waals surface area contributed by atoms with Gasteiger partial charge in [0.1, 0.15) is 5.82 Å². The van der Waals surface area contributed by atoms with Crippen molar-refractivity contribution in [3.8, 4) is 73.4 Å². The summed E-state index contributed by atoms with van der Waals surface area (Å²) in [5, 5.41) is 6.43. The van der Waals surface area contributed by atoms with Gasteiger partial charge in [-0.05, 0) is 117 Å². The Kier molecular flexibility index (Phi) is 10.8. The fourth-order valence-corrected chi connectivity index (χ4v) is 13.0. The van der Waals surface area contributed by atoms with E-state index in [9.17, 15) is 5.48 Å². The van der Waals surface area contributed by atoms with Crippen LogP contribution in [0.5, 0.6) is 11.5 Å². The summed E-state index contributed by atoms with van der Waals surface area (Å²) < 4.78 is 108. The molecular formula is C82H56N6OPt-2. The zero-order chi connectivity index (χ0) is 68.0. The van der Waals surface area contributed by atoms with E-state index < -0.39 is 60.4 Å². The second kappa shape index (κ2) is 21.8. The number of rotatable bonds is 10. The zero-order valence-corrected chi connectivity index (χ0v) is 51.0. The molecule has 0 saturated carbocycles. The fourth-order valence-electron chi connectivity index (χ4n) is 13.0. The third-order valence-corrected chi connectivity index (χ3v) is 17.0. The van der Waals surface area contributed by atoms with Crippen molar-refractivity contribution >= 4 is 76.5 Å². The van der Waals surface area contributed by atoms with Crippen LogP contribution in [0.15, 0.2) is 285 Å². The monoisotopic (exact) mass is 1350 g/mol. The van der Waals surface area contributed by atoms with E-state index in [1.54, 1.807) is 33.4 Å². The van der Waals surface area contributed by atoms with Crippen molar-refractivity contribution in [1.29, 1.82) is 0 Å². The van der Waals surface area contributed by atoms with Crippen LogP contribution in [0.1, 0.15) is 40.0 Å². The summed E-state index contributed by atoms with van der Waals surface area (Å²) in [5.41, 5.74) is 11.8. The predicted octanol–water partition coefficient (Wildman–Crippen LogP) is 20.1. The van der Waals surface area contributed by atoms with E-state index in [0.29, 0.717) is 28.2 Å². The average molecular weight is 1350 g/mol. The Bertz CT molecular complexity index is 6050. The molecule has 0 amide bonds. The molecule has 17 rings (SSSR count).